The summed E-state index contributed by atoms with van der Waals surface area (Å²) in [4.78, 5) is 2.22. The van der Waals surface area contributed by atoms with Crippen LogP contribution in [0.4, 0.5) is 0 Å². The van der Waals surface area contributed by atoms with E-state index in [4.69, 9.17) is 13.8 Å². The number of hydrogen-bond donors (Lipinski definition) is 1. The third-order valence-electron chi connectivity index (χ3n) is 5.64. The number of likely N-dealkylation sites (tertiary alicyclic amines) is 1. The SMILES string of the molecule is CCOP(=O)(OCC)C(O)Cc1ccc(OCCCCC2CCN(CB=O)CC2)cc1. The van der Waals surface area contributed by atoms with E-state index in [1.54, 1.807) is 13.8 Å². The summed E-state index contributed by atoms with van der Waals surface area (Å²) in [7, 11) is -2.53. The zero-order valence-corrected chi connectivity index (χ0v) is 19.8. The van der Waals surface area contributed by atoms with Crippen LogP contribution in [0.1, 0.15) is 51.5 Å². The number of hydrogen-bond acceptors (Lipinski definition) is 7. The third kappa shape index (κ3) is 9.15. The van der Waals surface area contributed by atoms with E-state index < -0.39 is 13.4 Å². The zero-order valence-electron chi connectivity index (χ0n) is 18.9. The van der Waals surface area contributed by atoms with Crippen molar-refractivity contribution in [3.63, 3.8) is 0 Å². The van der Waals surface area contributed by atoms with Crippen molar-refractivity contribution in [2.24, 2.45) is 5.92 Å². The molecule has 31 heavy (non-hydrogen) atoms. The molecule has 7 nitrogen and oxygen atoms in total. The minimum Gasteiger partial charge on any atom is -0.0552 e. The van der Waals surface area contributed by atoms with Crippen LogP contribution in [0.2, 0.25) is 0 Å². The summed E-state index contributed by atoms with van der Waals surface area (Å²) >= 11 is 0. The summed E-state index contributed by atoms with van der Waals surface area (Å²) in [6, 6.07) is 7.48. The Morgan fingerprint density at radius 2 is 1.77 bits per heavy atom. The van der Waals surface area contributed by atoms with Crippen LogP contribution in [0, 0.1) is 5.92 Å². The number of aliphatic hydroxyl groups is 1. The molecule has 1 aliphatic heterocycles. The number of aliphatic hydroxyl groups excluding tert-OH is 1. The van der Waals surface area contributed by atoms with E-state index in [1.807, 2.05) is 24.3 Å². The second kappa shape index (κ2) is 14.2. The Bertz CT molecular complexity index is 671. The smallest absolute Gasteiger partial charge is 0.0552 e. The molecule has 174 valence electrons. The van der Waals surface area contributed by atoms with Gasteiger partial charge in [-0.25, -0.2) is 0 Å². The second-order valence-corrected chi connectivity index (χ2v) is 10.2. The van der Waals surface area contributed by atoms with Crippen LogP contribution in [-0.4, -0.2) is 62.4 Å². The Morgan fingerprint density at radius 3 is 2.35 bits per heavy atom. The average Bonchev–Trinajstić information content (AvgIpc) is 2.76. The van der Waals surface area contributed by atoms with Gasteiger partial charge in [-0.1, -0.05) is 12.1 Å². The molecule has 2 rings (SSSR count). The quantitative estimate of drug-likeness (QED) is 0.243. The molecule has 0 aromatic heterocycles. The fourth-order valence-corrected chi connectivity index (χ4v) is 5.47. The van der Waals surface area contributed by atoms with Gasteiger partial charge in [-0.05, 0) is 19.4 Å². The first-order chi connectivity index (χ1) is 15.0. The van der Waals surface area contributed by atoms with Gasteiger partial charge < -0.3 is 14.2 Å². The summed E-state index contributed by atoms with van der Waals surface area (Å²) in [5, 5.41) is 10.3. The Morgan fingerprint density at radius 1 is 1.13 bits per heavy atom. The van der Waals surface area contributed by atoms with Crippen molar-refractivity contribution in [2.45, 2.75) is 58.2 Å². The van der Waals surface area contributed by atoms with Crippen LogP contribution in [0.3, 0.4) is 0 Å². The molecular weight excluding hydrogens is 416 g/mol. The van der Waals surface area contributed by atoms with Crippen molar-refractivity contribution in [3.8, 4) is 5.75 Å². The van der Waals surface area contributed by atoms with Crippen LogP contribution in [-0.2, 0) is 24.7 Å². The Balaban J connectivity index is 1.66. The fraction of sp³-hybridized carbons (Fsp3) is 0.727. The molecule has 0 amide bonds. The first kappa shape index (κ1) is 26.2. The summed E-state index contributed by atoms with van der Waals surface area (Å²) < 4.78 is 39.4. The van der Waals surface area contributed by atoms with Crippen LogP contribution in [0.15, 0.2) is 24.3 Å². The Kier molecular flexibility index (Phi) is 12.0. The molecule has 9 heteroatoms. The molecule has 1 fully saturated rings. The third-order valence-corrected chi connectivity index (χ3v) is 7.79. The molecule has 1 atom stereocenters. The number of rotatable bonds is 15. The van der Waals surface area contributed by atoms with Gasteiger partial charge >= 0.3 is 111 Å². The molecule has 1 unspecified atom stereocenters. The van der Waals surface area contributed by atoms with E-state index in [0.29, 0.717) is 13.1 Å². The summed E-state index contributed by atoms with van der Waals surface area (Å²) in [6.07, 6.45) is 6.51. The van der Waals surface area contributed by atoms with E-state index in [0.717, 1.165) is 50.3 Å². The maximum atomic E-state index is 12.6. The van der Waals surface area contributed by atoms with Crippen molar-refractivity contribution in [1.82, 2.24) is 4.90 Å². The summed E-state index contributed by atoms with van der Waals surface area (Å²) in [6.45, 7) is 6.64. The van der Waals surface area contributed by atoms with E-state index in [2.05, 4.69) is 4.90 Å². The molecule has 1 saturated heterocycles. The van der Waals surface area contributed by atoms with Crippen molar-refractivity contribution in [2.75, 3.05) is 39.4 Å². The van der Waals surface area contributed by atoms with Gasteiger partial charge in [0.2, 0.25) is 0 Å². The van der Waals surface area contributed by atoms with Crippen LogP contribution in [0.5, 0.6) is 5.75 Å². The monoisotopic (exact) mass is 453 g/mol. The van der Waals surface area contributed by atoms with Gasteiger partial charge in [-0.2, -0.15) is 0 Å². The van der Waals surface area contributed by atoms with Crippen LogP contribution in [0.25, 0.3) is 0 Å². The summed E-state index contributed by atoms with van der Waals surface area (Å²) in [5.41, 5.74) is 0.848. The first-order valence-electron chi connectivity index (χ1n) is 11.4. The predicted molar refractivity (Wildman–Crippen MR) is 122 cm³/mol. The molecule has 1 aromatic rings. The second-order valence-electron chi connectivity index (χ2n) is 7.96. The topological polar surface area (TPSA) is 85.3 Å². The molecule has 1 aliphatic rings. The Hall–Kier alpha value is -1.05. The molecular formula is C22H37BNO6P. The fourth-order valence-electron chi connectivity index (χ4n) is 3.90. The number of piperidine rings is 1. The van der Waals surface area contributed by atoms with E-state index in [9.17, 15) is 14.4 Å². The normalized spacial score (nSPS) is 16.7. The van der Waals surface area contributed by atoms with Gasteiger partial charge in [0.05, 0.1) is 13.2 Å². The average molecular weight is 453 g/mol. The number of unbranched alkanes of at least 4 members (excludes halogenated alkanes) is 1. The van der Waals surface area contributed by atoms with Crippen molar-refractivity contribution < 1.29 is 28.2 Å². The maximum absolute atomic E-state index is 12.6. The van der Waals surface area contributed by atoms with Crippen LogP contribution >= 0.6 is 7.60 Å². The molecule has 0 aliphatic carbocycles. The van der Waals surface area contributed by atoms with Crippen molar-refractivity contribution >= 4 is 14.7 Å². The van der Waals surface area contributed by atoms with Gasteiger partial charge in [-0.15, -0.1) is 0 Å². The molecule has 0 spiro atoms. The van der Waals surface area contributed by atoms with E-state index >= 15 is 0 Å². The Labute approximate surface area is 187 Å². The standard InChI is InChI=1S/C22H37BNO6P/c1-3-29-31(27,30-4-2)22(25)17-20-8-10-21(11-9-20)28-16-6-5-7-19-12-14-24(15-13-19)18-23-26/h8-11,19,22,25H,3-7,12-18H2,1-2H3. The van der Waals surface area contributed by atoms with Crippen LogP contribution < -0.4 is 4.74 Å². The molecule has 1 aromatic carbocycles. The number of benzene rings is 1. The number of ether oxygens (including phenoxy) is 1. The predicted octanol–water partition coefficient (Wildman–Crippen LogP) is 4.08. The minimum absolute atomic E-state index is 0.198. The molecule has 0 saturated carbocycles. The minimum atomic E-state index is -3.53. The van der Waals surface area contributed by atoms with Gasteiger partial charge in [-0.3, -0.25) is 4.57 Å². The van der Waals surface area contributed by atoms with Crippen molar-refractivity contribution in [3.05, 3.63) is 29.8 Å². The number of nitrogens with zero attached hydrogens (tertiary/aromatic N) is 1. The first-order valence-corrected chi connectivity index (χ1v) is 13.1. The molecule has 1 N–H and O–H groups in total. The van der Waals surface area contributed by atoms with E-state index in [1.165, 1.54) is 19.3 Å². The van der Waals surface area contributed by atoms with Gasteiger partial charge in [0, 0.05) is 6.42 Å². The molecule has 0 radical (unpaired) electrons. The van der Waals surface area contributed by atoms with Crippen molar-refractivity contribution in [1.29, 1.82) is 0 Å². The zero-order chi connectivity index (χ0) is 22.5. The molecule has 1 heterocycles. The van der Waals surface area contributed by atoms with Gasteiger partial charge in [0.25, 0.3) is 0 Å². The van der Waals surface area contributed by atoms with Gasteiger partial charge in [0.1, 0.15) is 0 Å². The molecule has 0 bridgehead atoms. The van der Waals surface area contributed by atoms with Gasteiger partial charge in [0.15, 0.2) is 5.85 Å². The van der Waals surface area contributed by atoms with E-state index in [-0.39, 0.29) is 19.6 Å². The summed E-state index contributed by atoms with van der Waals surface area (Å²) in [5.74, 6) is 0.362.